The van der Waals surface area contributed by atoms with Crippen molar-refractivity contribution in [3.63, 3.8) is 0 Å². The van der Waals surface area contributed by atoms with Gasteiger partial charge in [-0.1, -0.05) is 38.0 Å². The Hall–Kier alpha value is -4.10. The summed E-state index contributed by atoms with van der Waals surface area (Å²) in [4.78, 5) is 48.1. The molecule has 3 unspecified atom stereocenters. The van der Waals surface area contributed by atoms with Gasteiger partial charge in [-0.15, -0.1) is 19.7 Å². The monoisotopic (exact) mass is 621 g/mol. The summed E-state index contributed by atoms with van der Waals surface area (Å²) in [6.45, 7) is 17.7. The Morgan fingerprint density at radius 2 is 0.930 bits per heavy atom. The molecule has 0 spiro atoms. The zero-order valence-electron chi connectivity index (χ0n) is 26.4. The first-order valence-corrected chi connectivity index (χ1v) is 10.5. The third-order valence-corrected chi connectivity index (χ3v) is 2.47. The number of hydrogen-bond donors (Lipinski definition) is 8. The standard InChI is InChI=1S/C4H4O3.3C4H8O2.C4H6O2.C4H4O2.3BHO/c1-2-3(5)4(6)7;5*1-2-4(6)3-5;3*1-2/h2H,1H2,(H,6,7);3*2,4-6H,1,3H2;2,5H,1,3H2;2-3H,1H2;3*1H/i;;;;;;3*1D. The van der Waals surface area contributed by atoms with Crippen LogP contribution in [0.4, 0.5) is 0 Å². The SMILES string of the molecule is C=CC(=O)C(=O)O.C=CC(=O)C=O.C=CC(=O)CO.C=CC(O)CO.C=CC(O)CO.C=CC(O)CO.[2H]B=O.[2H]B=O.[2H]B=O. The van der Waals surface area contributed by atoms with Gasteiger partial charge in [0.15, 0.2) is 12.1 Å². The van der Waals surface area contributed by atoms with Gasteiger partial charge in [0.1, 0.15) is 6.61 Å². The van der Waals surface area contributed by atoms with E-state index in [4.69, 9.17) is 59.0 Å². The number of ketones is 3. The van der Waals surface area contributed by atoms with Gasteiger partial charge in [-0.3, -0.25) is 19.2 Å². The van der Waals surface area contributed by atoms with Crippen LogP contribution in [0.25, 0.3) is 0 Å². The molecular formula is C24H41B3O16. The average molecular weight is 621 g/mol. The molecule has 0 bridgehead atoms. The Labute approximate surface area is 256 Å². The second-order valence-electron chi connectivity index (χ2n) is 5.38. The molecule has 8 N–H and O–H groups in total. The van der Waals surface area contributed by atoms with Crippen molar-refractivity contribution in [2.75, 3.05) is 26.4 Å². The molecule has 0 aromatic rings. The Kier molecular flexibility index (Phi) is 79.6. The van der Waals surface area contributed by atoms with Crippen molar-refractivity contribution in [3.8, 4) is 0 Å². The van der Waals surface area contributed by atoms with Crippen molar-refractivity contribution in [2.45, 2.75) is 18.3 Å². The average Bonchev–Trinajstić information content (AvgIpc) is 3.08. The molecule has 16 nitrogen and oxygen atoms in total. The van der Waals surface area contributed by atoms with Crippen LogP contribution >= 0.6 is 0 Å². The quantitative estimate of drug-likeness (QED) is 0.0337. The van der Waals surface area contributed by atoms with Crippen LogP contribution in [0.5, 0.6) is 0 Å². The first kappa shape index (κ1) is 51.6. The summed E-state index contributed by atoms with van der Waals surface area (Å²) in [5, 5.41) is 64.6. The van der Waals surface area contributed by atoms with E-state index in [-0.39, 0.29) is 54.9 Å². The van der Waals surface area contributed by atoms with Gasteiger partial charge in [-0.25, -0.2) is 4.79 Å². The van der Waals surface area contributed by atoms with Crippen molar-refractivity contribution in [3.05, 3.63) is 75.9 Å². The Morgan fingerprint density at radius 1 is 0.651 bits per heavy atom. The first-order chi connectivity index (χ1) is 21.5. The number of hydrogen-bond acceptors (Lipinski definition) is 15. The van der Waals surface area contributed by atoms with E-state index >= 15 is 0 Å². The predicted octanol–water partition coefficient (Wildman–Crippen LogP) is -4.22. The van der Waals surface area contributed by atoms with E-state index < -0.39 is 42.5 Å². The van der Waals surface area contributed by atoms with Crippen LogP contribution in [0.15, 0.2) is 75.9 Å². The van der Waals surface area contributed by atoms with Crippen molar-refractivity contribution in [1.29, 1.82) is 4.01 Å². The van der Waals surface area contributed by atoms with Gasteiger partial charge >= 0.3 is 47.1 Å². The van der Waals surface area contributed by atoms with Crippen LogP contribution in [-0.2, 0) is 38.1 Å². The Bertz CT molecular complexity index is 790. The molecule has 43 heavy (non-hydrogen) atoms. The molecular weight excluding hydrogens is 577 g/mol. The number of aliphatic hydroxyl groups is 7. The maximum atomic E-state index is 9.81. The van der Waals surface area contributed by atoms with Gasteiger partial charge < -0.3 is 40.9 Å². The Morgan fingerprint density at radius 3 is 0.930 bits per heavy atom. The van der Waals surface area contributed by atoms with E-state index in [2.05, 4.69) is 39.5 Å². The molecule has 0 saturated heterocycles. The molecule has 0 heterocycles. The maximum absolute atomic E-state index is 9.81. The molecule has 0 amide bonds. The number of aliphatic carboxylic acids is 1. The topological polar surface area (TPSA) is 298 Å². The number of aliphatic hydroxyl groups excluding tert-OH is 7. The summed E-state index contributed by atoms with van der Waals surface area (Å²) in [5.41, 5.74) is 0. The fraction of sp³-hybridized carbons (Fsp3) is 0.292. The van der Waals surface area contributed by atoms with Crippen LogP contribution < -0.4 is 0 Å². The fourth-order valence-corrected chi connectivity index (χ4v) is 0.424. The summed E-state index contributed by atoms with van der Waals surface area (Å²) < 4.78 is 42.0. The molecule has 0 aliphatic carbocycles. The van der Waals surface area contributed by atoms with Crippen LogP contribution in [0, 0.1) is 0 Å². The first-order valence-electron chi connectivity index (χ1n) is 12.2. The molecule has 0 rings (SSSR count). The number of carbonyl (C=O) groups is 5. The van der Waals surface area contributed by atoms with E-state index in [1.807, 2.05) is 0 Å². The van der Waals surface area contributed by atoms with Crippen LogP contribution in [-0.4, -0.2) is 142 Å². The number of carboxylic acids is 1. The molecule has 0 aliphatic heterocycles. The van der Waals surface area contributed by atoms with E-state index in [0.29, 0.717) is 0 Å². The number of aldehydes is 1. The van der Waals surface area contributed by atoms with Crippen molar-refractivity contribution in [1.82, 2.24) is 0 Å². The van der Waals surface area contributed by atoms with E-state index in [1.165, 1.54) is 18.2 Å². The summed E-state index contributed by atoms with van der Waals surface area (Å²) in [6, 6.07) is 0. The molecule has 0 saturated carbocycles. The van der Waals surface area contributed by atoms with Gasteiger partial charge in [0.25, 0.3) is 5.78 Å². The molecule has 0 aromatic carbocycles. The van der Waals surface area contributed by atoms with Crippen LogP contribution in [0.3, 0.4) is 0 Å². The zero-order chi connectivity index (χ0) is 38.9. The van der Waals surface area contributed by atoms with Crippen LogP contribution in [0.1, 0.15) is 0 Å². The molecule has 0 aliphatic rings. The van der Waals surface area contributed by atoms with Gasteiger partial charge in [-0.05, 0) is 18.2 Å². The Balaban J connectivity index is -0.0000000485. The second kappa shape index (κ2) is 66.3. The number of carboxylic acid groups (broad SMARTS) is 1. The van der Waals surface area contributed by atoms with Gasteiger partial charge in [0.2, 0.25) is 5.78 Å². The van der Waals surface area contributed by atoms with E-state index in [1.54, 1.807) is 0 Å². The third-order valence-electron chi connectivity index (χ3n) is 2.47. The summed E-state index contributed by atoms with van der Waals surface area (Å²) in [6.07, 6.45) is 4.61. The molecule has 0 aromatic heterocycles. The minimum atomic E-state index is -1.46. The van der Waals surface area contributed by atoms with Gasteiger partial charge in [0, 0.05) is 0 Å². The normalized spacial score (nSPS) is 9.60. The van der Waals surface area contributed by atoms with Gasteiger partial charge in [0.05, 0.1) is 38.1 Å². The van der Waals surface area contributed by atoms with Crippen molar-refractivity contribution in [2.24, 2.45) is 0 Å². The third kappa shape index (κ3) is 102. The van der Waals surface area contributed by atoms with E-state index in [0.717, 1.165) is 18.2 Å². The number of carbonyl (C=O) groups excluding carboxylic acids is 4. The molecule has 3 atom stereocenters. The molecule has 19 heteroatoms. The summed E-state index contributed by atoms with van der Waals surface area (Å²) >= 11 is 0. The van der Waals surface area contributed by atoms with Crippen LogP contribution in [0.2, 0.25) is 0 Å². The van der Waals surface area contributed by atoms with E-state index in [9.17, 15) is 24.0 Å². The summed E-state index contributed by atoms with van der Waals surface area (Å²) in [5.74, 6) is -3.35. The second-order valence-corrected chi connectivity index (χ2v) is 5.38. The number of rotatable bonds is 12. The van der Waals surface area contributed by atoms with Gasteiger partial charge in [-0.2, -0.15) is 0 Å². The van der Waals surface area contributed by atoms with Crippen molar-refractivity contribution < 1.29 is 78.9 Å². The molecule has 242 valence electrons. The molecule has 0 fully saturated rings. The fourth-order valence-electron chi connectivity index (χ4n) is 0.424. The predicted molar refractivity (Wildman–Crippen MR) is 160 cm³/mol. The number of allylic oxidation sites excluding steroid dienone is 1. The minimum absolute atomic E-state index is 0. The van der Waals surface area contributed by atoms with Crippen molar-refractivity contribution >= 4 is 52.6 Å². The molecule has 0 radical (unpaired) electrons. The summed E-state index contributed by atoms with van der Waals surface area (Å²) in [7, 11) is 0. The zero-order valence-corrected chi connectivity index (χ0v) is 23.4.